The molecule has 0 aromatic rings. The molecule has 0 amide bonds. The molecule has 2 saturated heterocycles. The lowest BCUT2D eigenvalue weighted by Gasteiger charge is -2.22. The van der Waals surface area contributed by atoms with E-state index in [9.17, 15) is 5.11 Å². The van der Waals surface area contributed by atoms with Crippen LogP contribution in [0, 0.1) is 0 Å². The van der Waals surface area contributed by atoms with Crippen LogP contribution in [0.2, 0.25) is 0 Å². The van der Waals surface area contributed by atoms with Crippen molar-refractivity contribution < 1.29 is 14.6 Å². The van der Waals surface area contributed by atoms with E-state index in [-0.39, 0.29) is 18.5 Å². The fourth-order valence-corrected chi connectivity index (χ4v) is 1.32. The van der Waals surface area contributed by atoms with Crippen molar-refractivity contribution in [1.29, 1.82) is 0 Å². The molecule has 52 valence electrons. The Morgan fingerprint density at radius 2 is 2.22 bits per heavy atom. The molecule has 0 aromatic heterocycles. The van der Waals surface area contributed by atoms with E-state index < -0.39 is 0 Å². The second-order valence-corrected chi connectivity index (χ2v) is 2.58. The molecular weight excluding hydrogens is 120 g/mol. The molecule has 0 spiro atoms. The van der Waals surface area contributed by atoms with Gasteiger partial charge in [0, 0.05) is 6.42 Å². The summed E-state index contributed by atoms with van der Waals surface area (Å²) >= 11 is 0. The van der Waals surface area contributed by atoms with Gasteiger partial charge in [0.1, 0.15) is 6.10 Å². The van der Waals surface area contributed by atoms with Crippen LogP contribution in [0.3, 0.4) is 0 Å². The second kappa shape index (κ2) is 1.94. The minimum atomic E-state index is -0.288. The molecule has 9 heavy (non-hydrogen) atoms. The lowest BCUT2D eigenvalue weighted by molar-refractivity contribution is -0.119. The van der Waals surface area contributed by atoms with Crippen LogP contribution in [0.1, 0.15) is 12.8 Å². The maximum Gasteiger partial charge on any atom is 0.158 e. The van der Waals surface area contributed by atoms with Crippen molar-refractivity contribution in [3.05, 3.63) is 0 Å². The second-order valence-electron chi connectivity index (χ2n) is 2.58. The number of aliphatic hydroxyl groups excluding tert-OH is 1. The van der Waals surface area contributed by atoms with Crippen LogP contribution in [0.25, 0.3) is 0 Å². The lowest BCUT2D eigenvalue weighted by atomic mass is 10.1. The Morgan fingerprint density at radius 3 is 3.00 bits per heavy atom. The first-order valence-corrected chi connectivity index (χ1v) is 3.31. The first-order valence-electron chi connectivity index (χ1n) is 3.31. The molecule has 0 aromatic carbocycles. The van der Waals surface area contributed by atoms with Crippen LogP contribution in [-0.4, -0.2) is 30.2 Å². The van der Waals surface area contributed by atoms with E-state index >= 15 is 0 Å². The van der Waals surface area contributed by atoms with Crippen molar-refractivity contribution in [2.24, 2.45) is 0 Å². The summed E-state index contributed by atoms with van der Waals surface area (Å²) in [6.45, 7) is 0.575. The molecule has 2 aliphatic heterocycles. The number of rotatable bonds is 0. The van der Waals surface area contributed by atoms with Gasteiger partial charge in [-0.1, -0.05) is 0 Å². The van der Waals surface area contributed by atoms with Crippen LogP contribution in [0.4, 0.5) is 0 Å². The van der Waals surface area contributed by atoms with Gasteiger partial charge in [-0.15, -0.1) is 0 Å². The Morgan fingerprint density at radius 1 is 1.33 bits per heavy atom. The van der Waals surface area contributed by atoms with E-state index in [4.69, 9.17) is 9.47 Å². The SMILES string of the molecule is O[C@@H]1CC[C@@H]2OC[C@H]1O2. The van der Waals surface area contributed by atoms with Gasteiger partial charge in [-0.2, -0.15) is 0 Å². The van der Waals surface area contributed by atoms with Crippen molar-refractivity contribution in [2.75, 3.05) is 6.61 Å². The Hall–Kier alpha value is -0.120. The maximum atomic E-state index is 9.19. The number of hydrogen-bond acceptors (Lipinski definition) is 3. The van der Waals surface area contributed by atoms with E-state index in [0.717, 1.165) is 12.8 Å². The molecule has 1 N–H and O–H groups in total. The van der Waals surface area contributed by atoms with Gasteiger partial charge in [0.2, 0.25) is 0 Å². The van der Waals surface area contributed by atoms with E-state index in [2.05, 4.69) is 0 Å². The number of ether oxygens (including phenoxy) is 2. The van der Waals surface area contributed by atoms with E-state index in [1.165, 1.54) is 0 Å². The van der Waals surface area contributed by atoms with Crippen LogP contribution in [0.15, 0.2) is 0 Å². The monoisotopic (exact) mass is 130 g/mol. The van der Waals surface area contributed by atoms with Gasteiger partial charge < -0.3 is 14.6 Å². The number of fused-ring (bicyclic) bond motifs is 2. The summed E-state index contributed by atoms with van der Waals surface area (Å²) in [7, 11) is 0. The van der Waals surface area contributed by atoms with Crippen LogP contribution < -0.4 is 0 Å². The minimum absolute atomic E-state index is 0.0154. The van der Waals surface area contributed by atoms with Gasteiger partial charge >= 0.3 is 0 Å². The smallest absolute Gasteiger partial charge is 0.158 e. The average Bonchev–Trinajstić information content (AvgIpc) is 2.25. The summed E-state index contributed by atoms with van der Waals surface area (Å²) < 4.78 is 10.4. The quantitative estimate of drug-likeness (QED) is 0.497. The van der Waals surface area contributed by atoms with Crippen molar-refractivity contribution in [1.82, 2.24) is 0 Å². The Labute approximate surface area is 53.6 Å². The molecule has 2 aliphatic rings. The van der Waals surface area contributed by atoms with Crippen LogP contribution in [0.5, 0.6) is 0 Å². The Balaban J connectivity index is 2.05. The zero-order chi connectivity index (χ0) is 6.27. The third kappa shape index (κ3) is 0.852. The van der Waals surface area contributed by atoms with Crippen molar-refractivity contribution in [3.63, 3.8) is 0 Å². The maximum absolute atomic E-state index is 9.19. The minimum Gasteiger partial charge on any atom is -0.390 e. The highest BCUT2D eigenvalue weighted by Crippen LogP contribution is 2.26. The van der Waals surface area contributed by atoms with Crippen molar-refractivity contribution >= 4 is 0 Å². The van der Waals surface area contributed by atoms with Gasteiger partial charge in [-0.05, 0) is 6.42 Å². The van der Waals surface area contributed by atoms with E-state index in [1.807, 2.05) is 0 Å². The zero-order valence-corrected chi connectivity index (χ0v) is 5.12. The predicted molar refractivity (Wildman–Crippen MR) is 29.9 cm³/mol. The van der Waals surface area contributed by atoms with Crippen molar-refractivity contribution in [3.8, 4) is 0 Å². The molecular formula is C6H10O3. The summed E-state index contributed by atoms with van der Waals surface area (Å²) in [6.07, 6.45) is 1.33. The molecule has 0 aliphatic carbocycles. The molecule has 3 nitrogen and oxygen atoms in total. The Kier molecular flexibility index (Phi) is 1.22. The van der Waals surface area contributed by atoms with Gasteiger partial charge in [0.05, 0.1) is 12.7 Å². The number of hydrogen-bond donors (Lipinski definition) is 1. The summed E-state index contributed by atoms with van der Waals surface area (Å²) in [4.78, 5) is 0. The van der Waals surface area contributed by atoms with Crippen LogP contribution >= 0.6 is 0 Å². The topological polar surface area (TPSA) is 38.7 Å². The molecule has 2 bridgehead atoms. The number of aliphatic hydroxyl groups is 1. The average molecular weight is 130 g/mol. The molecule has 0 unspecified atom stereocenters. The highest BCUT2D eigenvalue weighted by atomic mass is 16.7. The molecule has 0 radical (unpaired) electrons. The predicted octanol–water partition coefficient (Wildman–Crippen LogP) is -0.117. The molecule has 0 saturated carbocycles. The summed E-state index contributed by atoms with van der Waals surface area (Å²) in [5, 5.41) is 9.19. The summed E-state index contributed by atoms with van der Waals surface area (Å²) in [5.74, 6) is 0. The third-order valence-electron chi connectivity index (χ3n) is 1.90. The molecule has 3 atom stereocenters. The van der Waals surface area contributed by atoms with E-state index in [1.54, 1.807) is 0 Å². The molecule has 2 rings (SSSR count). The molecule has 2 fully saturated rings. The van der Waals surface area contributed by atoms with Gasteiger partial charge in [-0.3, -0.25) is 0 Å². The lowest BCUT2D eigenvalue weighted by Crippen LogP contribution is -2.32. The zero-order valence-electron chi connectivity index (χ0n) is 5.12. The standard InChI is InChI=1S/C6H10O3/c7-4-1-2-6-8-3-5(4)9-6/h4-7H,1-3H2/t4-,5-,6-/m1/s1. The molecule has 2 heterocycles. The fraction of sp³-hybridized carbons (Fsp3) is 1.00. The normalized spacial score (nSPS) is 49.7. The highest BCUT2D eigenvalue weighted by Gasteiger charge is 2.36. The fourth-order valence-electron chi connectivity index (χ4n) is 1.32. The van der Waals surface area contributed by atoms with Gasteiger partial charge in [0.25, 0.3) is 0 Å². The van der Waals surface area contributed by atoms with Gasteiger partial charge in [-0.25, -0.2) is 0 Å². The highest BCUT2D eigenvalue weighted by molar-refractivity contribution is 4.79. The first-order chi connectivity index (χ1) is 4.36. The van der Waals surface area contributed by atoms with Gasteiger partial charge in [0.15, 0.2) is 6.29 Å². The largest absolute Gasteiger partial charge is 0.390 e. The third-order valence-corrected chi connectivity index (χ3v) is 1.90. The summed E-state index contributed by atoms with van der Waals surface area (Å²) in [6, 6.07) is 0. The first kappa shape index (κ1) is 5.65. The van der Waals surface area contributed by atoms with Crippen molar-refractivity contribution in [2.45, 2.75) is 31.3 Å². The van der Waals surface area contributed by atoms with E-state index in [0.29, 0.717) is 6.61 Å². The Bertz CT molecular complexity index is 115. The molecule has 3 heteroatoms. The summed E-state index contributed by atoms with van der Waals surface area (Å²) in [5.41, 5.74) is 0. The van der Waals surface area contributed by atoms with Crippen LogP contribution in [-0.2, 0) is 9.47 Å².